The molecule has 0 unspecified atom stereocenters. The lowest BCUT2D eigenvalue weighted by Crippen LogP contribution is -2.38. The summed E-state index contributed by atoms with van der Waals surface area (Å²) >= 11 is 1.89. The van der Waals surface area contributed by atoms with Gasteiger partial charge in [0.1, 0.15) is 0 Å². The van der Waals surface area contributed by atoms with Gasteiger partial charge in [0.05, 0.1) is 0 Å². The molecule has 1 N–H and O–H groups in total. The van der Waals surface area contributed by atoms with E-state index in [1.807, 2.05) is 38.0 Å². The van der Waals surface area contributed by atoms with Crippen molar-refractivity contribution >= 4 is 17.7 Å². The molecule has 0 spiro atoms. The van der Waals surface area contributed by atoms with E-state index in [0.29, 0.717) is 6.79 Å². The number of nitrogens with zero attached hydrogens (tertiary/aromatic N) is 2. The number of hydrogen-bond donors (Lipinski definition) is 1. The average molecular weight is 323 g/mol. The van der Waals surface area contributed by atoms with Crippen molar-refractivity contribution < 1.29 is 9.47 Å². The van der Waals surface area contributed by atoms with Gasteiger partial charge in [-0.25, -0.2) is 0 Å². The molecule has 1 aliphatic heterocycles. The first kappa shape index (κ1) is 16.8. The summed E-state index contributed by atoms with van der Waals surface area (Å²) < 4.78 is 10.8. The van der Waals surface area contributed by atoms with E-state index in [4.69, 9.17) is 9.47 Å². The van der Waals surface area contributed by atoms with E-state index in [1.165, 1.54) is 17.7 Å². The van der Waals surface area contributed by atoms with Crippen molar-refractivity contribution in [3.63, 3.8) is 0 Å². The van der Waals surface area contributed by atoms with E-state index in [1.54, 1.807) is 0 Å². The maximum atomic E-state index is 5.42. The third-order valence-corrected chi connectivity index (χ3v) is 4.19. The van der Waals surface area contributed by atoms with Crippen molar-refractivity contribution in [2.75, 3.05) is 39.4 Å². The van der Waals surface area contributed by atoms with Gasteiger partial charge in [-0.05, 0) is 42.5 Å². The van der Waals surface area contributed by atoms with E-state index in [0.717, 1.165) is 37.0 Å². The average Bonchev–Trinajstić information content (AvgIpc) is 2.98. The zero-order chi connectivity index (χ0) is 15.8. The number of ether oxygens (including phenoxy) is 2. The molecule has 1 aromatic rings. The first-order chi connectivity index (χ1) is 10.7. The van der Waals surface area contributed by atoms with Crippen LogP contribution in [0.5, 0.6) is 11.5 Å². The Morgan fingerprint density at radius 2 is 2.14 bits per heavy atom. The fraction of sp³-hybridized carbons (Fsp3) is 0.562. The Balaban J connectivity index is 1.83. The van der Waals surface area contributed by atoms with Crippen molar-refractivity contribution in [3.05, 3.63) is 23.8 Å². The second-order valence-electron chi connectivity index (χ2n) is 5.22. The molecule has 1 heterocycles. The van der Waals surface area contributed by atoms with E-state index < -0.39 is 0 Å². The lowest BCUT2D eigenvalue weighted by atomic mass is 10.2. The van der Waals surface area contributed by atoms with Crippen LogP contribution in [0.4, 0.5) is 0 Å². The third-order valence-electron chi connectivity index (χ3n) is 3.49. The Labute approximate surface area is 137 Å². The molecule has 22 heavy (non-hydrogen) atoms. The Morgan fingerprint density at radius 1 is 1.32 bits per heavy atom. The molecule has 0 radical (unpaired) electrons. The summed E-state index contributed by atoms with van der Waals surface area (Å²) in [7, 11) is 3.86. The molecular weight excluding hydrogens is 298 g/mol. The lowest BCUT2D eigenvalue weighted by Gasteiger charge is -2.22. The minimum absolute atomic E-state index is 0.313. The number of guanidine groups is 1. The zero-order valence-corrected chi connectivity index (χ0v) is 14.4. The molecule has 0 saturated heterocycles. The van der Waals surface area contributed by atoms with Crippen LogP contribution in [0.2, 0.25) is 0 Å². The zero-order valence-electron chi connectivity index (χ0n) is 13.6. The minimum atomic E-state index is 0.313. The standard InChI is InChI=1S/C16H25N3O2S/c1-17-16(18-8-4-5-9-22-3)19(2)11-13-6-7-14-15(10-13)21-12-20-14/h6-7,10H,4-5,8-9,11-12H2,1-3H3,(H,17,18). The van der Waals surface area contributed by atoms with E-state index in [9.17, 15) is 0 Å². The summed E-state index contributed by atoms with van der Waals surface area (Å²) in [6.07, 6.45) is 4.54. The predicted octanol–water partition coefficient (Wildman–Crippen LogP) is 2.57. The smallest absolute Gasteiger partial charge is 0.231 e. The van der Waals surface area contributed by atoms with Crippen molar-refractivity contribution in [3.8, 4) is 11.5 Å². The number of aliphatic imine (C=N–C) groups is 1. The van der Waals surface area contributed by atoms with Crippen LogP contribution in [0.25, 0.3) is 0 Å². The SMILES string of the molecule is CN=C(NCCCCSC)N(C)Cc1ccc2c(c1)OCO2. The molecule has 1 aromatic carbocycles. The summed E-state index contributed by atoms with van der Waals surface area (Å²) in [5.41, 5.74) is 1.18. The van der Waals surface area contributed by atoms with Gasteiger partial charge >= 0.3 is 0 Å². The van der Waals surface area contributed by atoms with E-state index in [2.05, 4.69) is 27.5 Å². The van der Waals surface area contributed by atoms with Gasteiger partial charge in [-0.2, -0.15) is 11.8 Å². The van der Waals surface area contributed by atoms with Crippen molar-refractivity contribution in [1.82, 2.24) is 10.2 Å². The van der Waals surface area contributed by atoms with Crippen LogP contribution in [0, 0.1) is 0 Å². The molecule has 6 heteroatoms. The number of hydrogen-bond acceptors (Lipinski definition) is 4. The molecule has 0 aromatic heterocycles. The molecule has 2 rings (SSSR count). The van der Waals surface area contributed by atoms with Crippen molar-refractivity contribution in [2.24, 2.45) is 4.99 Å². The summed E-state index contributed by atoms with van der Waals surface area (Å²) in [6, 6.07) is 6.06. The molecule has 0 bridgehead atoms. The summed E-state index contributed by atoms with van der Waals surface area (Å²) in [5.74, 6) is 3.78. The van der Waals surface area contributed by atoms with Gasteiger partial charge in [-0.1, -0.05) is 6.07 Å². The third kappa shape index (κ3) is 4.73. The van der Waals surface area contributed by atoms with Crippen LogP contribution in [0.15, 0.2) is 23.2 Å². The lowest BCUT2D eigenvalue weighted by molar-refractivity contribution is 0.174. The second kappa shape index (κ2) is 8.78. The summed E-state index contributed by atoms with van der Waals surface area (Å²) in [6.45, 7) is 2.05. The largest absolute Gasteiger partial charge is 0.454 e. The fourth-order valence-corrected chi connectivity index (χ4v) is 2.84. The minimum Gasteiger partial charge on any atom is -0.454 e. The highest BCUT2D eigenvalue weighted by Crippen LogP contribution is 2.32. The maximum absolute atomic E-state index is 5.42. The van der Waals surface area contributed by atoms with Crippen LogP contribution in [-0.4, -0.2) is 50.3 Å². The Bertz CT molecular complexity index is 508. The Hall–Kier alpha value is -1.56. The van der Waals surface area contributed by atoms with Crippen LogP contribution in [-0.2, 0) is 6.54 Å². The molecule has 0 fully saturated rings. The highest BCUT2D eigenvalue weighted by molar-refractivity contribution is 7.98. The van der Waals surface area contributed by atoms with Gasteiger partial charge in [0.25, 0.3) is 0 Å². The number of fused-ring (bicyclic) bond motifs is 1. The molecule has 5 nitrogen and oxygen atoms in total. The number of benzene rings is 1. The Morgan fingerprint density at radius 3 is 2.91 bits per heavy atom. The number of thioether (sulfide) groups is 1. The Kier molecular flexibility index (Phi) is 6.71. The maximum Gasteiger partial charge on any atom is 0.231 e. The van der Waals surface area contributed by atoms with Crippen LogP contribution in [0.3, 0.4) is 0 Å². The van der Waals surface area contributed by atoms with Gasteiger partial charge in [0, 0.05) is 27.2 Å². The predicted molar refractivity (Wildman–Crippen MR) is 93.0 cm³/mol. The molecule has 122 valence electrons. The fourth-order valence-electron chi connectivity index (χ4n) is 2.34. The molecule has 0 saturated carbocycles. The number of rotatable bonds is 7. The monoisotopic (exact) mass is 323 g/mol. The van der Waals surface area contributed by atoms with Gasteiger partial charge in [-0.15, -0.1) is 0 Å². The topological polar surface area (TPSA) is 46.1 Å². The van der Waals surface area contributed by atoms with Crippen molar-refractivity contribution in [1.29, 1.82) is 0 Å². The highest BCUT2D eigenvalue weighted by atomic mass is 32.2. The van der Waals surface area contributed by atoms with Crippen LogP contribution < -0.4 is 14.8 Å². The van der Waals surface area contributed by atoms with Gasteiger partial charge in [0.15, 0.2) is 17.5 Å². The van der Waals surface area contributed by atoms with Crippen LogP contribution >= 0.6 is 11.8 Å². The summed E-state index contributed by atoms with van der Waals surface area (Å²) in [4.78, 5) is 6.46. The van der Waals surface area contributed by atoms with E-state index in [-0.39, 0.29) is 0 Å². The van der Waals surface area contributed by atoms with Crippen LogP contribution in [0.1, 0.15) is 18.4 Å². The first-order valence-corrected chi connectivity index (χ1v) is 8.93. The number of nitrogens with one attached hydrogen (secondary N) is 1. The highest BCUT2D eigenvalue weighted by Gasteiger charge is 2.14. The molecular formula is C16H25N3O2S. The first-order valence-electron chi connectivity index (χ1n) is 7.54. The van der Waals surface area contributed by atoms with Crippen molar-refractivity contribution in [2.45, 2.75) is 19.4 Å². The van der Waals surface area contributed by atoms with Gasteiger partial charge < -0.3 is 19.7 Å². The number of unbranched alkanes of at least 4 members (excludes halogenated alkanes) is 1. The summed E-state index contributed by atoms with van der Waals surface area (Å²) in [5, 5.41) is 3.41. The molecule has 0 amide bonds. The molecule has 1 aliphatic rings. The molecule has 0 aliphatic carbocycles. The second-order valence-corrected chi connectivity index (χ2v) is 6.20. The van der Waals surface area contributed by atoms with Gasteiger partial charge in [-0.3, -0.25) is 4.99 Å². The quantitative estimate of drug-likeness (QED) is 0.475. The molecule has 0 atom stereocenters. The van der Waals surface area contributed by atoms with E-state index >= 15 is 0 Å². The normalized spacial score (nSPS) is 13.3. The van der Waals surface area contributed by atoms with Gasteiger partial charge in [0.2, 0.25) is 6.79 Å².